The molecular formula is C19H21FN2O4S. The van der Waals surface area contributed by atoms with Gasteiger partial charge in [0.15, 0.2) is 11.9 Å². The van der Waals surface area contributed by atoms with E-state index in [2.05, 4.69) is 10.9 Å². The Balaban J connectivity index is 1.74. The normalized spacial score (nSPS) is 11.6. The second-order valence-electron chi connectivity index (χ2n) is 6.00. The standard InChI is InChI=1S/C19H21FN2O4S/c1-11-10-16(13(3)27-11)17(23)8-9-18(24)21-22-19(25)12(2)26-15-6-4-14(20)5-7-15/h4-7,10,12H,8-9H2,1-3H3,(H,21,24)(H,22,25). The molecule has 0 saturated heterocycles. The van der Waals surface area contributed by atoms with Gasteiger partial charge >= 0.3 is 0 Å². The minimum absolute atomic E-state index is 0.0410. The molecule has 0 aliphatic rings. The average molecular weight is 392 g/mol. The summed E-state index contributed by atoms with van der Waals surface area (Å²) < 4.78 is 18.2. The second kappa shape index (κ2) is 9.27. The lowest BCUT2D eigenvalue weighted by Gasteiger charge is -2.15. The number of hydrogen-bond acceptors (Lipinski definition) is 5. The average Bonchev–Trinajstić information content (AvgIpc) is 2.97. The van der Waals surface area contributed by atoms with Gasteiger partial charge in [0.05, 0.1) is 0 Å². The molecule has 0 aliphatic carbocycles. The Hall–Kier alpha value is -2.74. The van der Waals surface area contributed by atoms with Crippen molar-refractivity contribution < 1.29 is 23.5 Å². The maximum atomic E-state index is 12.8. The van der Waals surface area contributed by atoms with Gasteiger partial charge in [-0.1, -0.05) is 0 Å². The summed E-state index contributed by atoms with van der Waals surface area (Å²) in [5.41, 5.74) is 5.14. The smallest absolute Gasteiger partial charge is 0.279 e. The maximum Gasteiger partial charge on any atom is 0.279 e. The summed E-state index contributed by atoms with van der Waals surface area (Å²) in [6.07, 6.45) is -0.880. The molecule has 2 amide bonds. The Morgan fingerprint density at radius 2 is 1.78 bits per heavy atom. The fourth-order valence-electron chi connectivity index (χ4n) is 2.34. The highest BCUT2D eigenvalue weighted by atomic mass is 32.1. The summed E-state index contributed by atoms with van der Waals surface area (Å²) in [6.45, 7) is 5.29. The maximum absolute atomic E-state index is 12.8. The van der Waals surface area contributed by atoms with E-state index in [-0.39, 0.29) is 18.6 Å². The van der Waals surface area contributed by atoms with Crippen LogP contribution in [0.4, 0.5) is 4.39 Å². The molecule has 2 rings (SSSR count). The van der Waals surface area contributed by atoms with Crippen molar-refractivity contribution in [3.63, 3.8) is 0 Å². The summed E-state index contributed by atoms with van der Waals surface area (Å²) >= 11 is 1.54. The van der Waals surface area contributed by atoms with E-state index < -0.39 is 23.7 Å². The summed E-state index contributed by atoms with van der Waals surface area (Å²) in [6, 6.07) is 7.05. The van der Waals surface area contributed by atoms with Gasteiger partial charge in [-0.3, -0.25) is 25.2 Å². The van der Waals surface area contributed by atoms with Gasteiger partial charge < -0.3 is 4.74 Å². The van der Waals surface area contributed by atoms with Crippen molar-refractivity contribution >= 4 is 28.9 Å². The van der Waals surface area contributed by atoms with Crippen LogP contribution in [0.25, 0.3) is 0 Å². The zero-order valence-electron chi connectivity index (χ0n) is 15.3. The number of rotatable bonds is 7. The van der Waals surface area contributed by atoms with E-state index >= 15 is 0 Å². The molecule has 2 aromatic rings. The number of ether oxygens (including phenoxy) is 1. The van der Waals surface area contributed by atoms with Crippen molar-refractivity contribution in [2.24, 2.45) is 0 Å². The number of aryl methyl sites for hydroxylation is 2. The molecule has 6 nitrogen and oxygen atoms in total. The van der Waals surface area contributed by atoms with Crippen LogP contribution in [0.15, 0.2) is 30.3 Å². The lowest BCUT2D eigenvalue weighted by atomic mass is 10.1. The molecular weight excluding hydrogens is 371 g/mol. The van der Waals surface area contributed by atoms with Crippen LogP contribution in [0, 0.1) is 19.7 Å². The van der Waals surface area contributed by atoms with E-state index in [1.165, 1.54) is 42.5 Å². The Morgan fingerprint density at radius 3 is 2.37 bits per heavy atom. The Bertz CT molecular complexity index is 833. The molecule has 0 spiro atoms. The van der Waals surface area contributed by atoms with Crippen LogP contribution in [0.2, 0.25) is 0 Å². The molecule has 0 radical (unpaired) electrons. The van der Waals surface area contributed by atoms with Crippen LogP contribution in [0.1, 0.15) is 39.9 Å². The van der Waals surface area contributed by atoms with Gasteiger partial charge in [0, 0.05) is 28.2 Å². The van der Waals surface area contributed by atoms with E-state index in [0.717, 1.165) is 9.75 Å². The molecule has 1 unspecified atom stereocenters. The van der Waals surface area contributed by atoms with Gasteiger partial charge in [0.1, 0.15) is 11.6 Å². The van der Waals surface area contributed by atoms with E-state index in [0.29, 0.717) is 11.3 Å². The Morgan fingerprint density at radius 1 is 1.11 bits per heavy atom. The van der Waals surface area contributed by atoms with Crippen molar-refractivity contribution in [3.8, 4) is 5.75 Å². The first-order chi connectivity index (χ1) is 12.8. The first-order valence-corrected chi connectivity index (χ1v) is 9.19. The van der Waals surface area contributed by atoms with Crippen LogP contribution in [0.3, 0.4) is 0 Å². The molecule has 1 aromatic heterocycles. The first kappa shape index (κ1) is 20.6. The third kappa shape index (κ3) is 6.18. The number of carbonyl (C=O) groups excluding carboxylic acids is 3. The largest absolute Gasteiger partial charge is 0.481 e. The minimum atomic E-state index is -0.895. The SMILES string of the molecule is Cc1cc(C(=O)CCC(=O)NNC(=O)C(C)Oc2ccc(F)cc2)c(C)s1. The first-order valence-electron chi connectivity index (χ1n) is 8.37. The molecule has 1 aromatic carbocycles. The van der Waals surface area contributed by atoms with Crippen molar-refractivity contribution in [3.05, 3.63) is 51.5 Å². The molecule has 2 N–H and O–H groups in total. The second-order valence-corrected chi connectivity index (χ2v) is 7.46. The van der Waals surface area contributed by atoms with E-state index in [4.69, 9.17) is 4.74 Å². The number of thiophene rings is 1. The molecule has 27 heavy (non-hydrogen) atoms. The molecule has 0 fully saturated rings. The number of carbonyl (C=O) groups is 3. The van der Waals surface area contributed by atoms with Gasteiger partial charge in [-0.15, -0.1) is 11.3 Å². The summed E-state index contributed by atoms with van der Waals surface area (Å²) in [7, 11) is 0. The molecule has 1 atom stereocenters. The number of Topliss-reactive ketones (excluding diaryl/α,β-unsaturated/α-hetero) is 1. The zero-order chi connectivity index (χ0) is 20.0. The fourth-order valence-corrected chi connectivity index (χ4v) is 3.28. The monoisotopic (exact) mass is 392 g/mol. The van der Waals surface area contributed by atoms with Crippen molar-refractivity contribution in [2.75, 3.05) is 0 Å². The predicted octanol–water partition coefficient (Wildman–Crippen LogP) is 3.08. The number of nitrogens with one attached hydrogen (secondary N) is 2. The van der Waals surface area contributed by atoms with Crippen LogP contribution < -0.4 is 15.6 Å². The highest BCUT2D eigenvalue weighted by Crippen LogP contribution is 2.22. The molecule has 8 heteroatoms. The molecule has 0 saturated carbocycles. The van der Waals surface area contributed by atoms with Gasteiger partial charge in [-0.05, 0) is 51.1 Å². The third-order valence-electron chi connectivity index (χ3n) is 3.74. The van der Waals surface area contributed by atoms with Crippen molar-refractivity contribution in [1.82, 2.24) is 10.9 Å². The number of amides is 2. The topological polar surface area (TPSA) is 84.5 Å². The van der Waals surface area contributed by atoms with Gasteiger partial charge in [0.25, 0.3) is 5.91 Å². The quantitative estimate of drug-likeness (QED) is 0.560. The van der Waals surface area contributed by atoms with Crippen molar-refractivity contribution in [2.45, 2.75) is 39.7 Å². The number of benzene rings is 1. The van der Waals surface area contributed by atoms with Crippen LogP contribution in [0.5, 0.6) is 5.75 Å². The van der Waals surface area contributed by atoms with Crippen LogP contribution in [-0.2, 0) is 9.59 Å². The lowest BCUT2D eigenvalue weighted by molar-refractivity contribution is -0.132. The number of hydrazine groups is 1. The fraction of sp³-hybridized carbons (Fsp3) is 0.316. The van der Waals surface area contributed by atoms with E-state index in [9.17, 15) is 18.8 Å². The van der Waals surface area contributed by atoms with Crippen LogP contribution >= 0.6 is 11.3 Å². The number of ketones is 1. The Kier molecular flexibility index (Phi) is 7.06. The highest BCUT2D eigenvalue weighted by molar-refractivity contribution is 7.12. The highest BCUT2D eigenvalue weighted by Gasteiger charge is 2.17. The molecule has 144 valence electrons. The summed E-state index contributed by atoms with van der Waals surface area (Å²) in [4.78, 5) is 37.9. The molecule has 1 heterocycles. The number of halogens is 1. The van der Waals surface area contributed by atoms with Gasteiger partial charge in [-0.2, -0.15) is 0 Å². The van der Waals surface area contributed by atoms with Gasteiger partial charge in [0.2, 0.25) is 5.91 Å². The zero-order valence-corrected chi connectivity index (χ0v) is 16.1. The summed E-state index contributed by atoms with van der Waals surface area (Å²) in [5.74, 6) is -1.23. The predicted molar refractivity (Wildman–Crippen MR) is 100 cm³/mol. The lowest BCUT2D eigenvalue weighted by Crippen LogP contribution is -2.47. The molecule has 0 aliphatic heterocycles. The van der Waals surface area contributed by atoms with E-state index in [1.54, 1.807) is 0 Å². The molecule has 0 bridgehead atoms. The van der Waals surface area contributed by atoms with Crippen molar-refractivity contribution in [1.29, 1.82) is 0 Å². The number of hydrogen-bond donors (Lipinski definition) is 2. The van der Waals surface area contributed by atoms with Gasteiger partial charge in [-0.25, -0.2) is 4.39 Å². The minimum Gasteiger partial charge on any atom is -0.481 e. The summed E-state index contributed by atoms with van der Waals surface area (Å²) in [5, 5.41) is 0. The van der Waals surface area contributed by atoms with E-state index in [1.807, 2.05) is 19.9 Å². The third-order valence-corrected chi connectivity index (χ3v) is 4.71. The van der Waals surface area contributed by atoms with Crippen LogP contribution in [-0.4, -0.2) is 23.7 Å². The Labute approximate surface area is 160 Å².